The van der Waals surface area contributed by atoms with Crippen LogP contribution in [0.5, 0.6) is 0 Å². The van der Waals surface area contributed by atoms with Crippen molar-refractivity contribution >= 4 is 70.1 Å². The van der Waals surface area contributed by atoms with Gasteiger partial charge in [-0.1, -0.05) is 127 Å². The first-order chi connectivity index (χ1) is 22.8. The minimum Gasteiger partial charge on any atom is -0.310 e. The zero-order valence-electron chi connectivity index (χ0n) is 25.1. The average molecular weight is 604 g/mol. The molecule has 8 aromatic carbocycles. The topological polar surface area (TPSA) is 3.24 Å². The molecule has 0 amide bonds. The SMILES string of the molecule is c1ccc(-c2ccc(N(c3ccc4sc5ccccc5c4c3)c3cccc4cccc(-c5ccc6ccccc6c5)c34)cc2)cc1. The second-order valence-electron chi connectivity index (χ2n) is 11.8. The first-order valence-corrected chi connectivity index (χ1v) is 16.5. The summed E-state index contributed by atoms with van der Waals surface area (Å²) >= 11 is 1.86. The lowest BCUT2D eigenvalue weighted by atomic mass is 9.94. The monoisotopic (exact) mass is 603 g/mol. The smallest absolute Gasteiger partial charge is 0.0546 e. The Hall–Kier alpha value is -5.70. The molecule has 0 radical (unpaired) electrons. The van der Waals surface area contributed by atoms with E-state index in [1.165, 1.54) is 64.0 Å². The van der Waals surface area contributed by atoms with Crippen LogP contribution in [0.1, 0.15) is 0 Å². The molecule has 0 unspecified atom stereocenters. The molecular formula is C44H29NS. The maximum atomic E-state index is 2.44. The molecule has 0 bridgehead atoms. The number of thiophene rings is 1. The summed E-state index contributed by atoms with van der Waals surface area (Å²) in [5.41, 5.74) is 8.30. The van der Waals surface area contributed by atoms with Gasteiger partial charge in [0.25, 0.3) is 0 Å². The third kappa shape index (κ3) is 4.54. The molecule has 9 rings (SSSR count). The second kappa shape index (κ2) is 11.0. The molecule has 1 heterocycles. The average Bonchev–Trinajstić information content (AvgIpc) is 3.50. The number of fused-ring (bicyclic) bond motifs is 5. The lowest BCUT2D eigenvalue weighted by molar-refractivity contribution is 1.30. The summed E-state index contributed by atoms with van der Waals surface area (Å²) in [5, 5.41) is 7.55. The molecule has 0 fully saturated rings. The van der Waals surface area contributed by atoms with Crippen LogP contribution in [0.3, 0.4) is 0 Å². The van der Waals surface area contributed by atoms with Crippen LogP contribution in [0.15, 0.2) is 176 Å². The summed E-state index contributed by atoms with van der Waals surface area (Å²) in [6.07, 6.45) is 0. The molecule has 0 atom stereocenters. The predicted molar refractivity (Wildman–Crippen MR) is 200 cm³/mol. The second-order valence-corrected chi connectivity index (χ2v) is 12.9. The van der Waals surface area contributed by atoms with E-state index in [4.69, 9.17) is 0 Å². The van der Waals surface area contributed by atoms with Crippen LogP contribution >= 0.6 is 11.3 Å². The highest BCUT2D eigenvalue weighted by molar-refractivity contribution is 7.25. The van der Waals surface area contributed by atoms with Crippen LogP contribution in [-0.4, -0.2) is 0 Å². The van der Waals surface area contributed by atoms with Crippen molar-refractivity contribution in [3.8, 4) is 22.3 Å². The predicted octanol–water partition coefficient (Wildman–Crippen LogP) is 13.2. The van der Waals surface area contributed by atoms with Gasteiger partial charge in [-0.2, -0.15) is 0 Å². The van der Waals surface area contributed by atoms with E-state index in [0.29, 0.717) is 0 Å². The van der Waals surface area contributed by atoms with Gasteiger partial charge in [0.05, 0.1) is 5.69 Å². The van der Waals surface area contributed by atoms with Gasteiger partial charge in [0, 0.05) is 36.9 Å². The summed E-state index contributed by atoms with van der Waals surface area (Å²) in [6, 6.07) is 64.1. The quantitative estimate of drug-likeness (QED) is 0.189. The van der Waals surface area contributed by atoms with Gasteiger partial charge in [-0.3, -0.25) is 0 Å². The number of anilines is 3. The molecule has 9 aromatic rings. The van der Waals surface area contributed by atoms with Gasteiger partial charge in [0.15, 0.2) is 0 Å². The fraction of sp³-hybridized carbons (Fsp3) is 0. The Morgan fingerprint density at radius 3 is 1.89 bits per heavy atom. The molecule has 0 aliphatic carbocycles. The lowest BCUT2D eigenvalue weighted by Crippen LogP contribution is -2.10. The Morgan fingerprint density at radius 2 is 1.02 bits per heavy atom. The third-order valence-corrected chi connectivity index (χ3v) is 10.2. The standard InChI is InChI=1S/C44H29NS/c1-2-10-30(11-3-1)32-22-24-36(25-23-32)45(37-26-27-43-40(29-37)39-16-6-7-19-42(39)46-43)41-18-9-15-33-14-8-17-38(44(33)41)35-21-20-31-12-4-5-13-34(31)28-35/h1-29H. The molecule has 2 heteroatoms. The van der Waals surface area contributed by atoms with E-state index >= 15 is 0 Å². The number of nitrogens with zero attached hydrogens (tertiary/aromatic N) is 1. The molecule has 0 saturated heterocycles. The Morgan fingerprint density at radius 1 is 0.370 bits per heavy atom. The van der Waals surface area contributed by atoms with Gasteiger partial charge in [-0.05, 0) is 86.9 Å². The number of benzene rings is 8. The van der Waals surface area contributed by atoms with E-state index in [-0.39, 0.29) is 0 Å². The van der Waals surface area contributed by atoms with E-state index < -0.39 is 0 Å². The van der Waals surface area contributed by atoms with Crippen LogP contribution in [-0.2, 0) is 0 Å². The molecule has 46 heavy (non-hydrogen) atoms. The Kier molecular flexibility index (Phi) is 6.40. The van der Waals surface area contributed by atoms with Gasteiger partial charge in [-0.25, -0.2) is 0 Å². The zero-order valence-corrected chi connectivity index (χ0v) is 25.9. The molecule has 216 valence electrons. The molecular weight excluding hydrogens is 575 g/mol. The minimum atomic E-state index is 1.12. The van der Waals surface area contributed by atoms with Crippen molar-refractivity contribution in [2.24, 2.45) is 0 Å². The number of rotatable bonds is 5. The van der Waals surface area contributed by atoms with Gasteiger partial charge in [-0.15, -0.1) is 11.3 Å². The highest BCUT2D eigenvalue weighted by Gasteiger charge is 2.19. The summed E-state index contributed by atoms with van der Waals surface area (Å²) in [7, 11) is 0. The van der Waals surface area contributed by atoms with Gasteiger partial charge < -0.3 is 4.90 Å². The molecule has 0 spiro atoms. The molecule has 1 aromatic heterocycles. The first kappa shape index (κ1) is 26.7. The van der Waals surface area contributed by atoms with Crippen LogP contribution < -0.4 is 4.90 Å². The number of hydrogen-bond donors (Lipinski definition) is 0. The number of hydrogen-bond acceptors (Lipinski definition) is 2. The largest absolute Gasteiger partial charge is 0.310 e. The van der Waals surface area contributed by atoms with Gasteiger partial charge >= 0.3 is 0 Å². The van der Waals surface area contributed by atoms with Crippen molar-refractivity contribution in [3.63, 3.8) is 0 Å². The summed E-state index contributed by atoms with van der Waals surface area (Å²) in [5.74, 6) is 0. The summed E-state index contributed by atoms with van der Waals surface area (Å²) in [6.45, 7) is 0. The molecule has 0 saturated carbocycles. The van der Waals surface area contributed by atoms with E-state index in [2.05, 4.69) is 181 Å². The Labute approximate surface area is 272 Å². The molecule has 0 aliphatic rings. The normalized spacial score (nSPS) is 11.5. The van der Waals surface area contributed by atoms with Crippen LogP contribution in [0.2, 0.25) is 0 Å². The fourth-order valence-corrected chi connectivity index (χ4v) is 7.91. The molecule has 1 nitrogen and oxygen atoms in total. The van der Waals surface area contributed by atoms with Crippen LogP contribution in [0, 0.1) is 0 Å². The van der Waals surface area contributed by atoms with E-state index in [1.54, 1.807) is 0 Å². The Bertz CT molecular complexity index is 2520. The minimum absolute atomic E-state index is 1.12. The van der Waals surface area contributed by atoms with Crippen molar-refractivity contribution in [1.29, 1.82) is 0 Å². The van der Waals surface area contributed by atoms with E-state index in [0.717, 1.165) is 17.1 Å². The van der Waals surface area contributed by atoms with E-state index in [9.17, 15) is 0 Å². The summed E-state index contributed by atoms with van der Waals surface area (Å²) < 4.78 is 2.62. The van der Waals surface area contributed by atoms with Crippen molar-refractivity contribution in [2.75, 3.05) is 4.90 Å². The fourth-order valence-electron chi connectivity index (χ4n) is 6.82. The lowest BCUT2D eigenvalue weighted by Gasteiger charge is -2.28. The Balaban J connectivity index is 1.29. The van der Waals surface area contributed by atoms with Gasteiger partial charge in [0.2, 0.25) is 0 Å². The van der Waals surface area contributed by atoms with Gasteiger partial charge in [0.1, 0.15) is 0 Å². The van der Waals surface area contributed by atoms with Crippen LogP contribution in [0.4, 0.5) is 17.1 Å². The van der Waals surface area contributed by atoms with E-state index in [1.807, 2.05) is 11.3 Å². The van der Waals surface area contributed by atoms with Crippen molar-refractivity contribution in [2.45, 2.75) is 0 Å². The summed E-state index contributed by atoms with van der Waals surface area (Å²) in [4.78, 5) is 2.44. The molecule has 0 N–H and O–H groups in total. The third-order valence-electron chi connectivity index (χ3n) is 9.04. The van der Waals surface area contributed by atoms with Crippen LogP contribution in [0.25, 0.3) is 64.0 Å². The highest BCUT2D eigenvalue weighted by atomic mass is 32.1. The highest BCUT2D eigenvalue weighted by Crippen LogP contribution is 2.45. The van der Waals surface area contributed by atoms with Crippen molar-refractivity contribution in [3.05, 3.63) is 176 Å². The van der Waals surface area contributed by atoms with Crippen molar-refractivity contribution < 1.29 is 0 Å². The molecule has 0 aliphatic heterocycles. The maximum absolute atomic E-state index is 2.44. The first-order valence-electron chi connectivity index (χ1n) is 15.7. The maximum Gasteiger partial charge on any atom is 0.0546 e. The van der Waals surface area contributed by atoms with Crippen molar-refractivity contribution in [1.82, 2.24) is 0 Å². The zero-order chi connectivity index (χ0) is 30.5.